The minimum absolute atomic E-state index is 0.210. The Morgan fingerprint density at radius 1 is 1.16 bits per heavy atom. The number of hydrogen-bond acceptors (Lipinski definition) is 2. The van der Waals surface area contributed by atoms with Crippen molar-refractivity contribution in [3.63, 3.8) is 0 Å². The van der Waals surface area contributed by atoms with Crippen molar-refractivity contribution in [2.45, 2.75) is 0 Å². The van der Waals surface area contributed by atoms with Crippen LogP contribution in [0, 0.1) is 10.7 Å². The fourth-order valence-corrected chi connectivity index (χ4v) is 5.57. The summed E-state index contributed by atoms with van der Waals surface area (Å²) in [6.45, 7) is 0. The average Bonchev–Trinajstić information content (AvgIpc) is 2.33. The summed E-state index contributed by atoms with van der Waals surface area (Å²) in [5.41, 5.74) is 1.22. The number of carbonyl (C=O) groups excluding carboxylic acids is 1. The Morgan fingerprint density at radius 3 is 2.37 bits per heavy atom. The molecule has 1 amide bonds. The predicted octanol–water partition coefficient (Wildman–Crippen LogP) is 4.91. The maximum absolute atomic E-state index is 12.2. The summed E-state index contributed by atoms with van der Waals surface area (Å²) in [4.78, 5) is 16.3. The molecule has 0 aliphatic heterocycles. The van der Waals surface area contributed by atoms with Crippen molar-refractivity contribution in [3.8, 4) is 0 Å². The first-order chi connectivity index (χ1) is 8.97. The molecule has 0 aliphatic carbocycles. The van der Waals surface area contributed by atoms with Crippen LogP contribution < -0.4 is 5.32 Å². The van der Waals surface area contributed by atoms with E-state index in [1.54, 1.807) is 18.2 Å². The summed E-state index contributed by atoms with van der Waals surface area (Å²) < 4.78 is 3.81. The molecular weight excluding hydrogens is 649 g/mol. The van der Waals surface area contributed by atoms with Gasteiger partial charge in [0.2, 0.25) is 0 Å². The molecule has 0 bridgehead atoms. The largest absolute Gasteiger partial charge is 0.319 e. The number of rotatable bonds is 2. The van der Waals surface area contributed by atoms with Gasteiger partial charge in [-0.1, -0.05) is 6.07 Å². The van der Waals surface area contributed by atoms with Crippen LogP contribution in [-0.2, 0) is 0 Å². The minimum atomic E-state index is -0.210. The van der Waals surface area contributed by atoms with Gasteiger partial charge in [-0.2, -0.15) is 0 Å². The Kier molecular flexibility index (Phi) is 5.84. The molecule has 0 saturated carbocycles. The van der Waals surface area contributed by atoms with Crippen molar-refractivity contribution in [2.75, 3.05) is 5.32 Å². The predicted molar refractivity (Wildman–Crippen MR) is 104 cm³/mol. The van der Waals surface area contributed by atoms with Crippen LogP contribution in [0.1, 0.15) is 10.5 Å². The second-order valence-electron chi connectivity index (χ2n) is 3.54. The van der Waals surface area contributed by atoms with Gasteiger partial charge in [0.15, 0.2) is 0 Å². The lowest BCUT2D eigenvalue weighted by molar-refractivity contribution is 0.102. The van der Waals surface area contributed by atoms with Crippen LogP contribution in [0.2, 0.25) is 0 Å². The van der Waals surface area contributed by atoms with Gasteiger partial charge in [-0.25, -0.2) is 4.98 Å². The Bertz CT molecular complexity index is 626. The van der Waals surface area contributed by atoms with Crippen molar-refractivity contribution < 1.29 is 4.79 Å². The number of nitrogens with zero attached hydrogens (tertiary/aromatic N) is 1. The fraction of sp³-hybridized carbons (Fsp3) is 0. The van der Waals surface area contributed by atoms with Crippen molar-refractivity contribution >= 4 is 95.3 Å². The number of halogens is 4. The van der Waals surface area contributed by atoms with Crippen molar-refractivity contribution in [2.24, 2.45) is 0 Å². The zero-order chi connectivity index (χ0) is 14.0. The van der Waals surface area contributed by atoms with Crippen LogP contribution in [0.5, 0.6) is 0 Å². The fourth-order valence-electron chi connectivity index (χ4n) is 1.37. The van der Waals surface area contributed by atoms with Gasteiger partial charge in [0.05, 0.1) is 5.69 Å². The Labute approximate surface area is 159 Å². The van der Waals surface area contributed by atoms with Crippen molar-refractivity contribution in [1.82, 2.24) is 4.98 Å². The smallest absolute Gasteiger partial charge is 0.274 e. The van der Waals surface area contributed by atoms with Gasteiger partial charge in [-0.15, -0.1) is 0 Å². The maximum Gasteiger partial charge on any atom is 0.274 e. The molecule has 1 heterocycles. The van der Waals surface area contributed by atoms with Crippen molar-refractivity contribution in [1.29, 1.82) is 0 Å². The van der Waals surface area contributed by atoms with Gasteiger partial charge in [-0.05, 0) is 108 Å². The van der Waals surface area contributed by atoms with E-state index >= 15 is 0 Å². The molecule has 3 nitrogen and oxygen atoms in total. The summed E-state index contributed by atoms with van der Waals surface area (Å²) in [6.07, 6.45) is 0. The van der Waals surface area contributed by atoms with E-state index in [9.17, 15) is 4.79 Å². The lowest BCUT2D eigenvalue weighted by Crippen LogP contribution is -2.15. The molecule has 2 aromatic rings. The summed E-state index contributed by atoms with van der Waals surface area (Å²) in [6, 6.07) is 9.30. The molecular formula is C12H6BrI3N2O. The highest BCUT2D eigenvalue weighted by Crippen LogP contribution is 2.27. The Morgan fingerprint density at radius 2 is 1.79 bits per heavy atom. The molecule has 1 N–H and O–H groups in total. The minimum Gasteiger partial charge on any atom is -0.319 e. The first kappa shape index (κ1) is 15.9. The topological polar surface area (TPSA) is 42.0 Å². The van der Waals surface area contributed by atoms with E-state index in [0.717, 1.165) is 16.4 Å². The van der Waals surface area contributed by atoms with E-state index in [2.05, 4.69) is 94.0 Å². The standard InChI is InChI=1S/C12H6BrI3N2O/c13-10-3-1-2-9(17-10)12(19)18-11-7(15)4-6(14)5-8(11)16/h1-5H,(H,18,19). The molecule has 0 unspecified atom stereocenters. The molecule has 98 valence electrons. The third kappa shape index (κ3) is 4.24. The van der Waals surface area contributed by atoms with Gasteiger partial charge >= 0.3 is 0 Å². The molecule has 19 heavy (non-hydrogen) atoms. The van der Waals surface area contributed by atoms with E-state index in [1.165, 1.54) is 0 Å². The number of anilines is 1. The monoisotopic (exact) mass is 654 g/mol. The van der Waals surface area contributed by atoms with Crippen LogP contribution in [-0.4, -0.2) is 10.9 Å². The van der Waals surface area contributed by atoms with Crippen LogP contribution in [0.15, 0.2) is 34.9 Å². The molecule has 1 aromatic heterocycles. The highest BCUT2D eigenvalue weighted by molar-refractivity contribution is 14.1. The molecule has 2 rings (SSSR count). The maximum atomic E-state index is 12.2. The number of hydrogen-bond donors (Lipinski definition) is 1. The molecule has 0 atom stereocenters. The van der Waals surface area contributed by atoms with E-state index in [-0.39, 0.29) is 5.91 Å². The van der Waals surface area contributed by atoms with Crippen LogP contribution in [0.25, 0.3) is 0 Å². The summed E-state index contributed by atoms with van der Waals surface area (Å²) in [5, 5.41) is 2.91. The molecule has 0 radical (unpaired) electrons. The van der Waals surface area contributed by atoms with E-state index in [1.807, 2.05) is 12.1 Å². The third-order valence-electron chi connectivity index (χ3n) is 2.19. The third-order valence-corrected chi connectivity index (χ3v) is 4.96. The molecule has 1 aromatic carbocycles. The second-order valence-corrected chi connectivity index (χ2v) is 7.93. The normalized spacial score (nSPS) is 10.3. The van der Waals surface area contributed by atoms with Crippen LogP contribution in [0.3, 0.4) is 0 Å². The van der Waals surface area contributed by atoms with Gasteiger partial charge in [0.1, 0.15) is 10.3 Å². The Balaban J connectivity index is 2.29. The highest BCUT2D eigenvalue weighted by Gasteiger charge is 2.13. The number of pyridine rings is 1. The SMILES string of the molecule is O=C(Nc1c(I)cc(I)cc1I)c1cccc(Br)n1. The lowest BCUT2D eigenvalue weighted by Gasteiger charge is -2.10. The average molecular weight is 655 g/mol. The molecule has 0 aliphatic rings. The summed E-state index contributed by atoms with van der Waals surface area (Å²) >= 11 is 9.95. The Hall–Kier alpha value is 0.510. The van der Waals surface area contributed by atoms with Gasteiger partial charge in [0, 0.05) is 10.7 Å². The molecule has 0 spiro atoms. The number of carbonyl (C=O) groups is 1. The van der Waals surface area contributed by atoms with Crippen LogP contribution >= 0.6 is 83.7 Å². The zero-order valence-corrected chi connectivity index (χ0v) is 17.3. The van der Waals surface area contributed by atoms with Gasteiger partial charge in [-0.3, -0.25) is 4.79 Å². The van der Waals surface area contributed by atoms with E-state index in [0.29, 0.717) is 10.3 Å². The highest BCUT2D eigenvalue weighted by atomic mass is 127. The molecule has 7 heteroatoms. The number of nitrogens with one attached hydrogen (secondary N) is 1. The summed E-state index contributed by atoms with van der Waals surface area (Å²) in [5.74, 6) is -0.210. The zero-order valence-electron chi connectivity index (χ0n) is 9.25. The first-order valence-electron chi connectivity index (χ1n) is 5.06. The van der Waals surface area contributed by atoms with Gasteiger partial charge in [0.25, 0.3) is 5.91 Å². The quantitative estimate of drug-likeness (QED) is 0.370. The summed E-state index contributed by atoms with van der Waals surface area (Å²) in [7, 11) is 0. The lowest BCUT2D eigenvalue weighted by atomic mass is 10.3. The molecule has 0 saturated heterocycles. The van der Waals surface area contributed by atoms with Crippen LogP contribution in [0.4, 0.5) is 5.69 Å². The number of aromatic nitrogens is 1. The first-order valence-corrected chi connectivity index (χ1v) is 9.09. The van der Waals surface area contributed by atoms with E-state index < -0.39 is 0 Å². The number of amides is 1. The van der Waals surface area contributed by atoms with Crippen molar-refractivity contribution in [3.05, 3.63) is 51.3 Å². The number of benzene rings is 1. The van der Waals surface area contributed by atoms with E-state index in [4.69, 9.17) is 0 Å². The second kappa shape index (κ2) is 6.98. The van der Waals surface area contributed by atoms with Gasteiger partial charge < -0.3 is 5.32 Å². The molecule has 0 fully saturated rings.